The molecule has 2 rings (SSSR count). The highest BCUT2D eigenvalue weighted by molar-refractivity contribution is 5.98. The first-order valence-corrected chi connectivity index (χ1v) is 5.58. The quantitative estimate of drug-likeness (QED) is 0.737. The topological polar surface area (TPSA) is 92.9 Å². The lowest BCUT2D eigenvalue weighted by Gasteiger charge is -2.30. The van der Waals surface area contributed by atoms with E-state index >= 15 is 0 Å². The predicted molar refractivity (Wildman–Crippen MR) is 65.2 cm³/mol. The number of benzene rings is 1. The number of aliphatic carboxylic acids is 1. The molecule has 1 heterocycles. The maximum Gasteiger partial charge on any atom is 0.323 e. The molecule has 0 saturated heterocycles. The number of ketones is 1. The number of fused-ring (bicyclic) bond motifs is 1. The Morgan fingerprint density at radius 2 is 2.22 bits per heavy atom. The number of carbonyl (C=O) groups is 2. The van der Waals surface area contributed by atoms with Crippen molar-refractivity contribution in [3.8, 4) is 5.75 Å². The molecule has 0 fully saturated rings. The number of carboxylic acid groups (broad SMARTS) is 1. The van der Waals surface area contributed by atoms with Crippen molar-refractivity contribution in [3.05, 3.63) is 23.8 Å². The number of carbonyl (C=O) groups excluding carboxylic acids is 1. The SMILES string of the molecule is NCC(=O)c1ccc2c(c1)N(CC(=O)O)CCO2. The van der Waals surface area contributed by atoms with Crippen LogP contribution in [0.25, 0.3) is 0 Å². The lowest BCUT2D eigenvalue weighted by molar-refractivity contribution is -0.135. The fourth-order valence-electron chi connectivity index (χ4n) is 1.89. The molecule has 0 radical (unpaired) electrons. The van der Waals surface area contributed by atoms with Gasteiger partial charge in [-0.1, -0.05) is 0 Å². The van der Waals surface area contributed by atoms with Gasteiger partial charge in [-0.15, -0.1) is 0 Å². The number of ether oxygens (including phenoxy) is 1. The van der Waals surface area contributed by atoms with Crippen LogP contribution >= 0.6 is 0 Å². The number of anilines is 1. The Morgan fingerprint density at radius 3 is 2.89 bits per heavy atom. The normalized spacial score (nSPS) is 13.7. The molecule has 0 aliphatic carbocycles. The van der Waals surface area contributed by atoms with E-state index in [0.717, 1.165) is 0 Å². The minimum atomic E-state index is -0.918. The third-order valence-corrected chi connectivity index (χ3v) is 2.75. The molecular formula is C12H14N2O4. The monoisotopic (exact) mass is 250 g/mol. The largest absolute Gasteiger partial charge is 0.490 e. The van der Waals surface area contributed by atoms with Crippen LogP contribution in [0.2, 0.25) is 0 Å². The summed E-state index contributed by atoms with van der Waals surface area (Å²) in [4.78, 5) is 24.0. The maximum atomic E-state index is 11.5. The molecule has 0 bridgehead atoms. The van der Waals surface area contributed by atoms with Crippen molar-refractivity contribution in [2.75, 3.05) is 31.1 Å². The second-order valence-corrected chi connectivity index (χ2v) is 3.97. The summed E-state index contributed by atoms with van der Waals surface area (Å²) in [6, 6.07) is 4.94. The molecule has 18 heavy (non-hydrogen) atoms. The number of hydrogen-bond donors (Lipinski definition) is 2. The molecule has 6 heteroatoms. The molecule has 1 aliphatic heterocycles. The molecule has 0 amide bonds. The lowest BCUT2D eigenvalue weighted by Crippen LogP contribution is -2.36. The first kappa shape index (κ1) is 12.4. The third-order valence-electron chi connectivity index (χ3n) is 2.75. The zero-order valence-electron chi connectivity index (χ0n) is 9.76. The minimum absolute atomic E-state index is 0.0709. The summed E-state index contributed by atoms with van der Waals surface area (Å²) in [7, 11) is 0. The maximum absolute atomic E-state index is 11.5. The van der Waals surface area contributed by atoms with E-state index in [1.54, 1.807) is 23.1 Å². The van der Waals surface area contributed by atoms with Crippen molar-refractivity contribution in [3.63, 3.8) is 0 Å². The molecule has 0 saturated carbocycles. The highest BCUT2D eigenvalue weighted by atomic mass is 16.5. The minimum Gasteiger partial charge on any atom is -0.490 e. The highest BCUT2D eigenvalue weighted by Gasteiger charge is 2.21. The molecule has 0 atom stereocenters. The van der Waals surface area contributed by atoms with Crippen molar-refractivity contribution in [1.29, 1.82) is 0 Å². The average Bonchev–Trinajstić information content (AvgIpc) is 2.37. The molecule has 3 N–H and O–H groups in total. The fourth-order valence-corrected chi connectivity index (χ4v) is 1.89. The lowest BCUT2D eigenvalue weighted by atomic mass is 10.1. The predicted octanol–water partition coefficient (Wildman–Crippen LogP) is 0.111. The van der Waals surface area contributed by atoms with Crippen LogP contribution in [0.4, 0.5) is 5.69 Å². The molecule has 6 nitrogen and oxygen atoms in total. The van der Waals surface area contributed by atoms with Gasteiger partial charge in [0.25, 0.3) is 0 Å². The third kappa shape index (κ3) is 2.43. The second kappa shape index (κ2) is 5.05. The number of nitrogens with two attached hydrogens (primary N) is 1. The molecule has 0 unspecified atom stereocenters. The summed E-state index contributed by atoms with van der Waals surface area (Å²) >= 11 is 0. The van der Waals surface area contributed by atoms with E-state index < -0.39 is 5.97 Å². The molecule has 0 spiro atoms. The van der Waals surface area contributed by atoms with Crippen molar-refractivity contribution < 1.29 is 19.4 Å². The van der Waals surface area contributed by atoms with Gasteiger partial charge >= 0.3 is 5.97 Å². The van der Waals surface area contributed by atoms with Gasteiger partial charge in [-0.3, -0.25) is 9.59 Å². The van der Waals surface area contributed by atoms with E-state index in [-0.39, 0.29) is 18.9 Å². The van der Waals surface area contributed by atoms with Gasteiger partial charge in [0.2, 0.25) is 0 Å². The van der Waals surface area contributed by atoms with Gasteiger partial charge < -0.3 is 20.5 Å². The molecule has 96 valence electrons. The second-order valence-electron chi connectivity index (χ2n) is 3.97. The Balaban J connectivity index is 2.34. The summed E-state index contributed by atoms with van der Waals surface area (Å²) in [5.74, 6) is -0.506. The Bertz CT molecular complexity index is 487. The van der Waals surface area contributed by atoms with Gasteiger partial charge in [0.15, 0.2) is 5.78 Å². The zero-order chi connectivity index (χ0) is 13.1. The molecule has 0 aromatic heterocycles. The Labute approximate surface area is 104 Å². The number of rotatable bonds is 4. The van der Waals surface area contributed by atoms with Gasteiger partial charge in [0.1, 0.15) is 18.9 Å². The number of nitrogens with zero attached hydrogens (tertiary/aromatic N) is 1. The van der Waals surface area contributed by atoms with E-state index in [4.69, 9.17) is 15.6 Å². The van der Waals surface area contributed by atoms with E-state index in [0.29, 0.717) is 30.2 Å². The van der Waals surface area contributed by atoms with Crippen LogP contribution in [0.3, 0.4) is 0 Å². The molecular weight excluding hydrogens is 236 g/mol. The zero-order valence-corrected chi connectivity index (χ0v) is 9.76. The van der Waals surface area contributed by atoms with E-state index in [2.05, 4.69) is 0 Å². The number of Topliss-reactive ketones (excluding diaryl/α,β-unsaturated/α-hetero) is 1. The molecule has 1 aromatic rings. The fraction of sp³-hybridized carbons (Fsp3) is 0.333. The first-order valence-electron chi connectivity index (χ1n) is 5.58. The van der Waals surface area contributed by atoms with Crippen molar-refractivity contribution >= 4 is 17.4 Å². The first-order chi connectivity index (χ1) is 8.61. The van der Waals surface area contributed by atoms with Crippen LogP contribution in [0.1, 0.15) is 10.4 Å². The van der Waals surface area contributed by atoms with E-state index in [9.17, 15) is 9.59 Å². The Morgan fingerprint density at radius 1 is 1.44 bits per heavy atom. The van der Waals surface area contributed by atoms with Crippen molar-refractivity contribution in [1.82, 2.24) is 0 Å². The van der Waals surface area contributed by atoms with E-state index in [1.165, 1.54) is 0 Å². The van der Waals surface area contributed by atoms with Crippen LogP contribution in [0, 0.1) is 0 Å². The van der Waals surface area contributed by atoms with Crippen LogP contribution in [-0.4, -0.2) is 43.1 Å². The van der Waals surface area contributed by atoms with Crippen molar-refractivity contribution in [2.24, 2.45) is 5.73 Å². The number of hydrogen-bond acceptors (Lipinski definition) is 5. The van der Waals surface area contributed by atoms with Gasteiger partial charge in [0, 0.05) is 5.56 Å². The Hall–Kier alpha value is -2.08. The van der Waals surface area contributed by atoms with Crippen molar-refractivity contribution in [2.45, 2.75) is 0 Å². The highest BCUT2D eigenvalue weighted by Crippen LogP contribution is 2.32. The van der Waals surface area contributed by atoms with Crippen LogP contribution in [-0.2, 0) is 4.79 Å². The average molecular weight is 250 g/mol. The smallest absolute Gasteiger partial charge is 0.323 e. The van der Waals surface area contributed by atoms with E-state index in [1.807, 2.05) is 0 Å². The van der Waals surface area contributed by atoms with Gasteiger partial charge in [-0.25, -0.2) is 0 Å². The summed E-state index contributed by atoms with van der Waals surface area (Å²) in [6.07, 6.45) is 0. The van der Waals surface area contributed by atoms with Crippen LogP contribution in [0.5, 0.6) is 5.75 Å². The van der Waals surface area contributed by atoms with Crippen LogP contribution < -0.4 is 15.4 Å². The van der Waals surface area contributed by atoms with Gasteiger partial charge in [-0.2, -0.15) is 0 Å². The standard InChI is InChI=1S/C12H14N2O4/c13-6-10(15)8-1-2-11-9(5-8)14(3-4-18-11)7-12(16)17/h1-2,5H,3-4,6-7,13H2,(H,16,17). The summed E-state index contributed by atoms with van der Waals surface area (Å²) in [5, 5.41) is 8.85. The molecule has 1 aromatic carbocycles. The van der Waals surface area contributed by atoms with Crippen LogP contribution in [0.15, 0.2) is 18.2 Å². The summed E-state index contributed by atoms with van der Waals surface area (Å²) < 4.78 is 5.43. The van der Waals surface area contributed by atoms with Gasteiger partial charge in [-0.05, 0) is 18.2 Å². The Kier molecular flexibility index (Phi) is 3.47. The van der Waals surface area contributed by atoms with Gasteiger partial charge in [0.05, 0.1) is 18.8 Å². The summed E-state index contributed by atoms with van der Waals surface area (Å²) in [6.45, 7) is 0.735. The summed E-state index contributed by atoms with van der Waals surface area (Å²) in [5.41, 5.74) is 6.40. The number of carboxylic acids is 1. The molecule has 1 aliphatic rings.